The summed E-state index contributed by atoms with van der Waals surface area (Å²) in [4.78, 5) is 55.7. The Kier molecular flexibility index (Phi) is 7.97. The fourth-order valence-electron chi connectivity index (χ4n) is 5.22. The molecule has 3 amide bonds. The molecule has 214 valence electrons. The van der Waals surface area contributed by atoms with Crippen LogP contribution >= 0.6 is 62.2 Å². The zero-order chi connectivity index (χ0) is 29.7. The Morgan fingerprint density at radius 1 is 1.00 bits per heavy atom. The summed E-state index contributed by atoms with van der Waals surface area (Å²) in [7, 11) is 1.54. The van der Waals surface area contributed by atoms with Crippen LogP contribution in [0.15, 0.2) is 81.0 Å². The van der Waals surface area contributed by atoms with E-state index in [1.807, 2.05) is 24.3 Å². The number of fused-ring (bicyclic) bond motifs is 2. The smallest absolute Gasteiger partial charge is 0.308 e. The Hall–Kier alpha value is -3.09. The first-order chi connectivity index (χ1) is 20.2. The molecule has 4 aromatic rings. The van der Waals surface area contributed by atoms with E-state index in [0.717, 1.165) is 33.1 Å². The van der Waals surface area contributed by atoms with Gasteiger partial charge in [0.1, 0.15) is 17.5 Å². The third-order valence-corrected chi connectivity index (χ3v) is 10.9. The van der Waals surface area contributed by atoms with Gasteiger partial charge in [-0.15, -0.1) is 0 Å². The highest BCUT2D eigenvalue weighted by molar-refractivity contribution is 9.10. The van der Waals surface area contributed by atoms with Gasteiger partial charge in [-0.1, -0.05) is 74.4 Å². The zero-order valence-corrected chi connectivity index (χ0v) is 26.4. The molecular weight excluding hydrogens is 685 g/mol. The Morgan fingerprint density at radius 2 is 1.76 bits per heavy atom. The van der Waals surface area contributed by atoms with E-state index >= 15 is 0 Å². The second-order valence-electron chi connectivity index (χ2n) is 9.61. The van der Waals surface area contributed by atoms with Crippen LogP contribution in [0.4, 0.5) is 11.4 Å². The van der Waals surface area contributed by atoms with Crippen LogP contribution in [0, 0.1) is 5.92 Å². The third kappa shape index (κ3) is 5.17. The monoisotopic (exact) mass is 703 g/mol. The first-order valence-corrected chi connectivity index (χ1v) is 15.8. The molecule has 42 heavy (non-hydrogen) atoms. The minimum Gasteiger partial charge on any atom is -0.497 e. The second-order valence-corrected chi connectivity index (χ2v) is 13.5. The van der Waals surface area contributed by atoms with Crippen LogP contribution < -0.4 is 19.8 Å². The molecule has 1 N–H and O–H groups in total. The molecule has 3 aromatic carbocycles. The zero-order valence-electron chi connectivity index (χ0n) is 21.7. The molecule has 2 unspecified atom stereocenters. The van der Waals surface area contributed by atoms with Crippen molar-refractivity contribution in [2.24, 2.45) is 5.92 Å². The van der Waals surface area contributed by atoms with E-state index in [1.54, 1.807) is 36.4 Å². The summed E-state index contributed by atoms with van der Waals surface area (Å²) >= 11 is 17.7. The summed E-state index contributed by atoms with van der Waals surface area (Å²) in [5, 5.41) is 3.07. The van der Waals surface area contributed by atoms with E-state index in [-0.39, 0.29) is 28.3 Å². The van der Waals surface area contributed by atoms with E-state index in [0.29, 0.717) is 32.1 Å². The van der Waals surface area contributed by atoms with Crippen LogP contribution in [-0.4, -0.2) is 34.6 Å². The molecule has 3 heterocycles. The van der Waals surface area contributed by atoms with Crippen molar-refractivity contribution in [2.45, 2.75) is 22.7 Å². The molecule has 2 aliphatic heterocycles. The lowest BCUT2D eigenvalue weighted by Crippen LogP contribution is -2.33. The van der Waals surface area contributed by atoms with Crippen molar-refractivity contribution >= 4 is 91.3 Å². The summed E-state index contributed by atoms with van der Waals surface area (Å²) in [6.45, 7) is -0.287. The number of halogens is 3. The minimum atomic E-state index is -0.797. The largest absolute Gasteiger partial charge is 0.497 e. The number of amides is 3. The summed E-state index contributed by atoms with van der Waals surface area (Å²) < 4.78 is 7.40. The number of methoxy groups -OCH3 is 1. The Bertz CT molecular complexity index is 1810. The van der Waals surface area contributed by atoms with Crippen molar-refractivity contribution in [3.63, 3.8) is 0 Å². The van der Waals surface area contributed by atoms with Gasteiger partial charge in [-0.2, -0.15) is 0 Å². The first kappa shape index (κ1) is 29.0. The number of carbonyl (C=O) groups is 3. The average Bonchev–Trinajstić information content (AvgIpc) is 3.41. The molecule has 0 radical (unpaired) electrons. The van der Waals surface area contributed by atoms with Crippen LogP contribution in [-0.2, 0) is 20.9 Å². The van der Waals surface area contributed by atoms with Crippen molar-refractivity contribution < 1.29 is 19.1 Å². The van der Waals surface area contributed by atoms with E-state index < -0.39 is 23.0 Å². The number of thiazole rings is 1. The van der Waals surface area contributed by atoms with Gasteiger partial charge >= 0.3 is 4.87 Å². The molecule has 3 atom stereocenters. The normalized spacial score (nSPS) is 19.4. The van der Waals surface area contributed by atoms with Gasteiger partial charge in [0.15, 0.2) is 0 Å². The standard InChI is InChI=1S/C29H20BrCl2N3O5S2/c1-40-18-8-6-17(7-9-18)35-26(37)23-22(14-3-2-4-15(30)11-14)25-28(41-24(23)27(35)38)34(29(39)42-25)13-21(36)33-16-5-10-19(31)20(32)12-16/h2-12,22-24H,13H2,1H3,(H,33,36)/t22-,23?,24?/m1/s1. The topological polar surface area (TPSA) is 97.7 Å². The number of nitrogens with one attached hydrogen (secondary N) is 1. The van der Waals surface area contributed by atoms with Crippen LogP contribution in [0.2, 0.25) is 10.0 Å². The SMILES string of the molecule is COc1ccc(N2C(=O)C3Sc4c(sc(=O)n4CC(=O)Nc4ccc(Cl)c(Cl)c4)[C@H](c4cccc(Br)c4)C3C2=O)cc1. The predicted molar refractivity (Wildman–Crippen MR) is 168 cm³/mol. The van der Waals surface area contributed by atoms with Gasteiger partial charge in [0.2, 0.25) is 17.7 Å². The molecule has 0 spiro atoms. The van der Waals surface area contributed by atoms with E-state index in [2.05, 4.69) is 21.2 Å². The quantitative estimate of drug-likeness (QED) is 0.233. The molecule has 8 nitrogen and oxygen atoms in total. The van der Waals surface area contributed by atoms with Crippen molar-refractivity contribution in [3.05, 3.63) is 101 Å². The van der Waals surface area contributed by atoms with E-state index in [4.69, 9.17) is 27.9 Å². The number of aromatic nitrogens is 1. The summed E-state index contributed by atoms with van der Waals surface area (Å²) in [5.41, 5.74) is 1.65. The number of ether oxygens (including phenoxy) is 1. The number of carbonyl (C=O) groups excluding carboxylic acids is 3. The molecule has 13 heteroatoms. The lowest BCUT2D eigenvalue weighted by molar-refractivity contribution is -0.122. The Labute approximate surface area is 266 Å². The van der Waals surface area contributed by atoms with Crippen LogP contribution in [0.3, 0.4) is 0 Å². The number of anilines is 2. The molecule has 0 saturated carbocycles. The van der Waals surface area contributed by atoms with Gasteiger partial charge in [0.25, 0.3) is 0 Å². The van der Waals surface area contributed by atoms with Gasteiger partial charge in [-0.05, 0) is 60.2 Å². The molecule has 2 aliphatic rings. The molecule has 0 aliphatic carbocycles. The molecule has 1 saturated heterocycles. The van der Waals surface area contributed by atoms with Crippen molar-refractivity contribution in [2.75, 3.05) is 17.3 Å². The highest BCUT2D eigenvalue weighted by Crippen LogP contribution is 2.54. The molecule has 0 bridgehead atoms. The van der Waals surface area contributed by atoms with Crippen LogP contribution in [0.5, 0.6) is 5.75 Å². The lowest BCUT2D eigenvalue weighted by Gasteiger charge is -2.30. The summed E-state index contributed by atoms with van der Waals surface area (Å²) in [6.07, 6.45) is 0. The third-order valence-electron chi connectivity index (χ3n) is 7.09. The van der Waals surface area contributed by atoms with Gasteiger partial charge < -0.3 is 10.1 Å². The first-order valence-electron chi connectivity index (χ1n) is 12.6. The number of thioether (sulfide) groups is 1. The molecular formula is C29H20BrCl2N3O5S2. The Morgan fingerprint density at radius 3 is 2.45 bits per heavy atom. The van der Waals surface area contributed by atoms with Gasteiger partial charge in [-0.3, -0.25) is 23.7 Å². The predicted octanol–water partition coefficient (Wildman–Crippen LogP) is 6.42. The van der Waals surface area contributed by atoms with Gasteiger partial charge in [-0.25, -0.2) is 4.90 Å². The Balaban J connectivity index is 1.39. The minimum absolute atomic E-state index is 0.281. The fourth-order valence-corrected chi connectivity index (χ4v) is 8.71. The maximum Gasteiger partial charge on any atom is 0.308 e. The molecule has 6 rings (SSSR count). The fraction of sp³-hybridized carbons (Fsp3) is 0.172. The van der Waals surface area contributed by atoms with Crippen molar-refractivity contribution in [1.82, 2.24) is 4.57 Å². The summed E-state index contributed by atoms with van der Waals surface area (Å²) in [6, 6.07) is 18.9. The van der Waals surface area contributed by atoms with E-state index in [9.17, 15) is 19.2 Å². The molecule has 1 fully saturated rings. The lowest BCUT2D eigenvalue weighted by atomic mass is 9.83. The van der Waals surface area contributed by atoms with Crippen LogP contribution in [0.1, 0.15) is 16.4 Å². The van der Waals surface area contributed by atoms with Gasteiger partial charge in [0.05, 0.1) is 33.8 Å². The van der Waals surface area contributed by atoms with Crippen molar-refractivity contribution in [3.8, 4) is 5.75 Å². The number of imide groups is 1. The number of hydrogen-bond donors (Lipinski definition) is 1. The number of rotatable bonds is 6. The van der Waals surface area contributed by atoms with Crippen LogP contribution in [0.25, 0.3) is 0 Å². The highest BCUT2D eigenvalue weighted by atomic mass is 79.9. The maximum absolute atomic E-state index is 14.0. The second kappa shape index (κ2) is 11.5. The van der Waals surface area contributed by atoms with E-state index in [1.165, 1.54) is 22.6 Å². The summed E-state index contributed by atoms with van der Waals surface area (Å²) in [5.74, 6) is -1.89. The van der Waals surface area contributed by atoms with Gasteiger partial charge in [0, 0.05) is 21.0 Å². The van der Waals surface area contributed by atoms with Crippen molar-refractivity contribution in [1.29, 1.82) is 0 Å². The highest BCUT2D eigenvalue weighted by Gasteiger charge is 2.56. The maximum atomic E-state index is 14.0. The number of nitrogens with zero attached hydrogens (tertiary/aromatic N) is 2. The number of benzene rings is 3. The molecule has 1 aromatic heterocycles. The average molecular weight is 705 g/mol. The number of hydrogen-bond acceptors (Lipinski definition) is 7.